The van der Waals surface area contributed by atoms with Crippen LogP contribution in [-0.2, 0) is 4.79 Å². The van der Waals surface area contributed by atoms with Crippen molar-refractivity contribution >= 4 is 5.78 Å². The third-order valence-corrected chi connectivity index (χ3v) is 2.52. The van der Waals surface area contributed by atoms with Gasteiger partial charge in [-0.1, -0.05) is 6.92 Å². The van der Waals surface area contributed by atoms with Crippen LogP contribution in [0.2, 0.25) is 0 Å². The summed E-state index contributed by atoms with van der Waals surface area (Å²) in [6.45, 7) is 4.07. The number of carbonyl (C=O) groups is 1. The molecule has 1 atom stereocenters. The Morgan fingerprint density at radius 1 is 1.73 bits per heavy atom. The Balaban J connectivity index is 2.61. The molecule has 1 saturated heterocycles. The molecule has 0 aromatic rings. The molecule has 3 nitrogen and oxygen atoms in total. The molecule has 1 aliphatic heterocycles. The van der Waals surface area contributed by atoms with Crippen LogP contribution in [0.3, 0.4) is 0 Å². The Kier molecular flexibility index (Phi) is 2.30. The second kappa shape index (κ2) is 2.91. The summed E-state index contributed by atoms with van der Waals surface area (Å²) < 4.78 is 0. The van der Waals surface area contributed by atoms with Crippen molar-refractivity contribution in [1.82, 2.24) is 4.90 Å². The van der Waals surface area contributed by atoms with Gasteiger partial charge in [0.25, 0.3) is 0 Å². The maximum atomic E-state index is 11.3. The van der Waals surface area contributed by atoms with E-state index < -0.39 is 0 Å². The Bertz CT molecular complexity index is 169. The summed E-state index contributed by atoms with van der Waals surface area (Å²) in [5, 5.41) is 0. The summed E-state index contributed by atoms with van der Waals surface area (Å²) in [7, 11) is 2.04. The fourth-order valence-electron chi connectivity index (χ4n) is 1.67. The third-order valence-electron chi connectivity index (χ3n) is 2.52. The molecule has 0 spiro atoms. The summed E-state index contributed by atoms with van der Waals surface area (Å²) in [5.74, 6) is 0.196. The SMILES string of the molecule is CN1CCC(C)(C(=O)CN)C1. The number of ketones is 1. The Hall–Kier alpha value is -0.410. The van der Waals surface area contributed by atoms with Crippen molar-refractivity contribution in [2.75, 3.05) is 26.7 Å². The molecule has 0 aromatic carbocycles. The van der Waals surface area contributed by atoms with E-state index in [1.165, 1.54) is 0 Å². The fourth-order valence-corrected chi connectivity index (χ4v) is 1.67. The van der Waals surface area contributed by atoms with Crippen LogP contribution in [0.5, 0.6) is 0 Å². The van der Waals surface area contributed by atoms with E-state index in [2.05, 4.69) is 4.90 Å². The van der Waals surface area contributed by atoms with Gasteiger partial charge in [0.1, 0.15) is 0 Å². The van der Waals surface area contributed by atoms with Crippen molar-refractivity contribution in [3.63, 3.8) is 0 Å². The highest BCUT2D eigenvalue weighted by Gasteiger charge is 2.37. The van der Waals surface area contributed by atoms with Crippen LogP contribution in [0.25, 0.3) is 0 Å². The second-order valence-corrected chi connectivity index (χ2v) is 3.68. The molecular formula is C8H16N2O. The molecule has 1 rings (SSSR count). The van der Waals surface area contributed by atoms with Crippen LogP contribution in [-0.4, -0.2) is 37.4 Å². The van der Waals surface area contributed by atoms with Crippen LogP contribution in [0.1, 0.15) is 13.3 Å². The van der Waals surface area contributed by atoms with Crippen molar-refractivity contribution in [3.05, 3.63) is 0 Å². The molecule has 1 fully saturated rings. The quantitative estimate of drug-likeness (QED) is 0.605. The largest absolute Gasteiger partial charge is 0.324 e. The molecule has 0 amide bonds. The number of hydrogen-bond donors (Lipinski definition) is 1. The minimum Gasteiger partial charge on any atom is -0.324 e. The molecule has 0 aliphatic carbocycles. The van der Waals surface area contributed by atoms with Crippen LogP contribution in [0.15, 0.2) is 0 Å². The molecule has 1 unspecified atom stereocenters. The van der Waals surface area contributed by atoms with Crippen molar-refractivity contribution in [1.29, 1.82) is 0 Å². The first-order chi connectivity index (χ1) is 5.08. The maximum Gasteiger partial charge on any atom is 0.153 e. The van der Waals surface area contributed by atoms with Gasteiger partial charge in [0.05, 0.1) is 6.54 Å². The molecule has 2 N–H and O–H groups in total. The average molecular weight is 156 g/mol. The van der Waals surface area contributed by atoms with Crippen molar-refractivity contribution in [2.45, 2.75) is 13.3 Å². The highest BCUT2D eigenvalue weighted by atomic mass is 16.1. The second-order valence-electron chi connectivity index (χ2n) is 3.68. The first-order valence-electron chi connectivity index (χ1n) is 4.00. The first kappa shape index (κ1) is 8.68. The van der Waals surface area contributed by atoms with Gasteiger partial charge in [-0.05, 0) is 20.0 Å². The smallest absolute Gasteiger partial charge is 0.153 e. The predicted octanol–water partition coefficient (Wildman–Crippen LogP) is -0.144. The fraction of sp³-hybridized carbons (Fsp3) is 0.875. The normalized spacial score (nSPS) is 32.6. The minimum atomic E-state index is -0.163. The van der Waals surface area contributed by atoms with Crippen LogP contribution >= 0.6 is 0 Å². The molecule has 64 valence electrons. The van der Waals surface area contributed by atoms with Crippen molar-refractivity contribution < 1.29 is 4.79 Å². The zero-order valence-electron chi connectivity index (χ0n) is 7.26. The van der Waals surface area contributed by atoms with E-state index in [0.29, 0.717) is 0 Å². The monoisotopic (exact) mass is 156 g/mol. The topological polar surface area (TPSA) is 46.3 Å². The van der Waals surface area contributed by atoms with Gasteiger partial charge >= 0.3 is 0 Å². The molecule has 0 bridgehead atoms. The van der Waals surface area contributed by atoms with Gasteiger partial charge in [0, 0.05) is 12.0 Å². The zero-order chi connectivity index (χ0) is 8.48. The standard InChI is InChI=1S/C8H16N2O/c1-8(7(11)5-9)3-4-10(2)6-8/h3-6,9H2,1-2H3. The predicted molar refractivity (Wildman–Crippen MR) is 44.3 cm³/mol. The number of carbonyl (C=O) groups excluding carboxylic acids is 1. The summed E-state index contributed by atoms with van der Waals surface area (Å²) in [6, 6.07) is 0. The molecule has 0 radical (unpaired) electrons. The van der Waals surface area contributed by atoms with Gasteiger partial charge in [0.2, 0.25) is 0 Å². The molecular weight excluding hydrogens is 140 g/mol. The highest BCUT2D eigenvalue weighted by molar-refractivity contribution is 5.86. The number of Topliss-reactive ketones (excluding diaryl/α,β-unsaturated/α-hetero) is 1. The van der Waals surface area contributed by atoms with Gasteiger partial charge < -0.3 is 10.6 Å². The van der Waals surface area contributed by atoms with Gasteiger partial charge in [-0.15, -0.1) is 0 Å². The van der Waals surface area contributed by atoms with E-state index >= 15 is 0 Å². The van der Waals surface area contributed by atoms with E-state index in [4.69, 9.17) is 5.73 Å². The molecule has 0 aromatic heterocycles. The number of likely N-dealkylation sites (tertiary alicyclic amines) is 1. The summed E-state index contributed by atoms with van der Waals surface area (Å²) in [6.07, 6.45) is 0.958. The van der Waals surface area contributed by atoms with E-state index in [-0.39, 0.29) is 17.7 Å². The van der Waals surface area contributed by atoms with Crippen molar-refractivity contribution in [2.24, 2.45) is 11.1 Å². The molecule has 11 heavy (non-hydrogen) atoms. The lowest BCUT2D eigenvalue weighted by molar-refractivity contribution is -0.125. The van der Waals surface area contributed by atoms with E-state index in [0.717, 1.165) is 19.5 Å². The molecule has 1 aliphatic rings. The van der Waals surface area contributed by atoms with Crippen LogP contribution < -0.4 is 5.73 Å². The maximum absolute atomic E-state index is 11.3. The zero-order valence-corrected chi connectivity index (χ0v) is 7.26. The summed E-state index contributed by atoms with van der Waals surface area (Å²) in [5.41, 5.74) is 5.15. The number of nitrogens with zero attached hydrogens (tertiary/aromatic N) is 1. The van der Waals surface area contributed by atoms with Gasteiger partial charge in [-0.2, -0.15) is 0 Å². The number of nitrogens with two attached hydrogens (primary N) is 1. The lowest BCUT2D eigenvalue weighted by Gasteiger charge is -2.20. The third kappa shape index (κ3) is 1.60. The van der Waals surface area contributed by atoms with E-state index in [9.17, 15) is 4.79 Å². The Morgan fingerprint density at radius 2 is 2.36 bits per heavy atom. The Morgan fingerprint density at radius 3 is 2.73 bits per heavy atom. The lowest BCUT2D eigenvalue weighted by atomic mass is 9.85. The van der Waals surface area contributed by atoms with Crippen molar-refractivity contribution in [3.8, 4) is 0 Å². The Labute approximate surface area is 67.5 Å². The number of hydrogen-bond acceptors (Lipinski definition) is 3. The number of rotatable bonds is 2. The lowest BCUT2D eigenvalue weighted by Crippen LogP contribution is -2.35. The van der Waals surface area contributed by atoms with E-state index in [1.54, 1.807) is 0 Å². The van der Waals surface area contributed by atoms with E-state index in [1.807, 2.05) is 14.0 Å². The summed E-state index contributed by atoms with van der Waals surface area (Å²) >= 11 is 0. The van der Waals surface area contributed by atoms with Gasteiger partial charge in [-0.25, -0.2) is 0 Å². The van der Waals surface area contributed by atoms with Crippen LogP contribution in [0, 0.1) is 5.41 Å². The molecule has 0 saturated carbocycles. The average Bonchev–Trinajstić information content (AvgIpc) is 2.31. The molecule has 1 heterocycles. The minimum absolute atomic E-state index is 0.163. The van der Waals surface area contributed by atoms with Gasteiger partial charge in [0.15, 0.2) is 5.78 Å². The van der Waals surface area contributed by atoms with Crippen LogP contribution in [0.4, 0.5) is 0 Å². The van der Waals surface area contributed by atoms with Gasteiger partial charge in [-0.3, -0.25) is 4.79 Å². The molecule has 3 heteroatoms. The highest BCUT2D eigenvalue weighted by Crippen LogP contribution is 2.29. The summed E-state index contributed by atoms with van der Waals surface area (Å²) in [4.78, 5) is 13.5. The first-order valence-corrected chi connectivity index (χ1v) is 4.00.